The fourth-order valence-electron chi connectivity index (χ4n) is 2.83. The van der Waals surface area contributed by atoms with E-state index in [4.69, 9.17) is 11.6 Å². The van der Waals surface area contributed by atoms with E-state index in [2.05, 4.69) is 27.9 Å². The lowest BCUT2D eigenvalue weighted by Crippen LogP contribution is -2.36. The molecule has 0 aliphatic carbocycles. The van der Waals surface area contributed by atoms with Gasteiger partial charge < -0.3 is 9.88 Å². The van der Waals surface area contributed by atoms with E-state index < -0.39 is 0 Å². The SMILES string of the molecule is CC1CC(n2cncc2-c2ccccc2Cl)CCN1. The summed E-state index contributed by atoms with van der Waals surface area (Å²) in [5.41, 5.74) is 2.18. The van der Waals surface area contributed by atoms with Crippen LogP contribution in [0.5, 0.6) is 0 Å². The van der Waals surface area contributed by atoms with E-state index in [1.54, 1.807) is 0 Å². The lowest BCUT2D eigenvalue weighted by molar-refractivity contribution is 0.315. The van der Waals surface area contributed by atoms with Gasteiger partial charge in [-0.1, -0.05) is 29.8 Å². The number of piperidine rings is 1. The Hall–Kier alpha value is -1.32. The van der Waals surface area contributed by atoms with Gasteiger partial charge >= 0.3 is 0 Å². The largest absolute Gasteiger partial charge is 0.327 e. The number of hydrogen-bond acceptors (Lipinski definition) is 2. The van der Waals surface area contributed by atoms with Gasteiger partial charge in [-0.15, -0.1) is 0 Å². The van der Waals surface area contributed by atoms with E-state index in [0.29, 0.717) is 12.1 Å². The van der Waals surface area contributed by atoms with Crippen LogP contribution in [0.3, 0.4) is 0 Å². The van der Waals surface area contributed by atoms with Crippen molar-refractivity contribution in [1.29, 1.82) is 0 Å². The second-order valence-electron chi connectivity index (χ2n) is 5.20. The topological polar surface area (TPSA) is 29.9 Å². The highest BCUT2D eigenvalue weighted by molar-refractivity contribution is 6.33. The molecule has 3 nitrogen and oxygen atoms in total. The number of aromatic nitrogens is 2. The second kappa shape index (κ2) is 5.35. The molecule has 0 spiro atoms. The van der Waals surface area contributed by atoms with Gasteiger partial charge in [-0.2, -0.15) is 0 Å². The van der Waals surface area contributed by atoms with Crippen LogP contribution in [0.4, 0.5) is 0 Å². The standard InChI is InChI=1S/C15H18ClN3/c1-11-8-12(6-7-18-11)19-10-17-9-15(19)13-4-2-3-5-14(13)16/h2-5,9-12,18H,6-8H2,1H3. The van der Waals surface area contributed by atoms with Crippen molar-refractivity contribution < 1.29 is 0 Å². The molecule has 3 rings (SSSR count). The van der Waals surface area contributed by atoms with E-state index in [1.807, 2.05) is 30.7 Å². The smallest absolute Gasteiger partial charge is 0.0953 e. The molecule has 2 atom stereocenters. The summed E-state index contributed by atoms with van der Waals surface area (Å²) in [5, 5.41) is 4.27. The molecule has 2 aromatic rings. The third-order valence-electron chi connectivity index (χ3n) is 3.81. The van der Waals surface area contributed by atoms with Crippen molar-refractivity contribution in [2.45, 2.75) is 31.8 Å². The van der Waals surface area contributed by atoms with Crippen LogP contribution in [0, 0.1) is 0 Å². The van der Waals surface area contributed by atoms with Crippen LogP contribution in [0.25, 0.3) is 11.3 Å². The molecule has 0 amide bonds. The van der Waals surface area contributed by atoms with E-state index in [9.17, 15) is 0 Å². The second-order valence-corrected chi connectivity index (χ2v) is 5.61. The molecule has 1 aliphatic rings. The normalized spacial score (nSPS) is 23.5. The fourth-order valence-corrected chi connectivity index (χ4v) is 3.06. The summed E-state index contributed by atoms with van der Waals surface area (Å²) in [5.74, 6) is 0. The first-order valence-corrected chi connectivity index (χ1v) is 7.13. The lowest BCUT2D eigenvalue weighted by atomic mass is 9.99. The minimum atomic E-state index is 0.505. The Morgan fingerprint density at radius 3 is 3.00 bits per heavy atom. The average molecular weight is 276 g/mol. The first kappa shape index (κ1) is 12.7. The molecule has 19 heavy (non-hydrogen) atoms. The lowest BCUT2D eigenvalue weighted by Gasteiger charge is -2.30. The molecule has 100 valence electrons. The van der Waals surface area contributed by atoms with Gasteiger partial charge in [0.15, 0.2) is 0 Å². The van der Waals surface area contributed by atoms with E-state index >= 15 is 0 Å². The molecular formula is C15H18ClN3. The Kier molecular flexibility index (Phi) is 3.58. The number of halogens is 1. The molecule has 0 saturated carbocycles. The number of rotatable bonds is 2. The van der Waals surface area contributed by atoms with Crippen LogP contribution >= 0.6 is 11.6 Å². The van der Waals surface area contributed by atoms with Crippen molar-refractivity contribution in [2.24, 2.45) is 0 Å². The molecule has 1 aromatic carbocycles. The summed E-state index contributed by atoms with van der Waals surface area (Å²) in [6, 6.07) is 9.02. The predicted octanol–water partition coefficient (Wildman–Crippen LogP) is 3.52. The van der Waals surface area contributed by atoms with E-state index in [1.165, 1.54) is 0 Å². The molecule has 2 unspecified atom stereocenters. The summed E-state index contributed by atoms with van der Waals surface area (Å²) >= 11 is 6.30. The third kappa shape index (κ3) is 2.53. The van der Waals surface area contributed by atoms with Gasteiger partial charge in [0, 0.05) is 22.7 Å². The highest BCUT2D eigenvalue weighted by Gasteiger charge is 2.22. The van der Waals surface area contributed by atoms with E-state index in [-0.39, 0.29) is 0 Å². The zero-order valence-corrected chi connectivity index (χ0v) is 11.8. The number of imidazole rings is 1. The fraction of sp³-hybridized carbons (Fsp3) is 0.400. The van der Waals surface area contributed by atoms with Gasteiger partial charge in [-0.3, -0.25) is 0 Å². The molecule has 1 aromatic heterocycles. The summed E-state index contributed by atoms with van der Waals surface area (Å²) in [6.45, 7) is 3.30. The van der Waals surface area contributed by atoms with Gasteiger partial charge in [0.25, 0.3) is 0 Å². The van der Waals surface area contributed by atoms with Gasteiger partial charge in [0.2, 0.25) is 0 Å². The van der Waals surface area contributed by atoms with Crippen LogP contribution in [0.15, 0.2) is 36.8 Å². The van der Waals surface area contributed by atoms with Crippen LogP contribution in [-0.2, 0) is 0 Å². The molecule has 1 saturated heterocycles. The summed E-state index contributed by atoms with van der Waals surface area (Å²) in [7, 11) is 0. The third-order valence-corrected chi connectivity index (χ3v) is 4.13. The Morgan fingerprint density at radius 1 is 1.37 bits per heavy atom. The predicted molar refractivity (Wildman–Crippen MR) is 78.4 cm³/mol. The molecule has 1 fully saturated rings. The van der Waals surface area contributed by atoms with Crippen LogP contribution in [-0.4, -0.2) is 22.1 Å². The van der Waals surface area contributed by atoms with Gasteiger partial charge in [-0.25, -0.2) is 4.98 Å². The highest BCUT2D eigenvalue weighted by atomic mass is 35.5. The van der Waals surface area contributed by atoms with Crippen molar-refractivity contribution >= 4 is 11.6 Å². The van der Waals surface area contributed by atoms with Crippen LogP contribution < -0.4 is 5.32 Å². The van der Waals surface area contributed by atoms with Crippen LogP contribution in [0.1, 0.15) is 25.8 Å². The number of nitrogens with one attached hydrogen (secondary N) is 1. The maximum atomic E-state index is 6.30. The minimum absolute atomic E-state index is 0.505. The highest BCUT2D eigenvalue weighted by Crippen LogP contribution is 2.32. The maximum absolute atomic E-state index is 6.30. The maximum Gasteiger partial charge on any atom is 0.0953 e. The molecule has 1 N–H and O–H groups in total. The summed E-state index contributed by atoms with van der Waals surface area (Å²) < 4.78 is 2.28. The summed E-state index contributed by atoms with van der Waals surface area (Å²) in [6.07, 6.45) is 6.11. The summed E-state index contributed by atoms with van der Waals surface area (Å²) in [4.78, 5) is 4.32. The molecule has 0 bridgehead atoms. The first-order chi connectivity index (χ1) is 9.25. The van der Waals surface area contributed by atoms with Gasteiger partial charge in [0.05, 0.1) is 18.2 Å². The molecule has 1 aliphatic heterocycles. The first-order valence-electron chi connectivity index (χ1n) is 6.76. The zero-order valence-electron chi connectivity index (χ0n) is 11.0. The van der Waals surface area contributed by atoms with Gasteiger partial charge in [-0.05, 0) is 32.4 Å². The van der Waals surface area contributed by atoms with Crippen molar-refractivity contribution in [3.63, 3.8) is 0 Å². The minimum Gasteiger partial charge on any atom is -0.327 e. The van der Waals surface area contributed by atoms with Crippen LogP contribution in [0.2, 0.25) is 5.02 Å². The Bertz CT molecular complexity index is 564. The molecule has 2 heterocycles. The molecule has 4 heteroatoms. The number of nitrogens with zero attached hydrogens (tertiary/aromatic N) is 2. The van der Waals surface area contributed by atoms with Gasteiger partial charge in [0.1, 0.15) is 0 Å². The molecule has 0 radical (unpaired) electrons. The monoisotopic (exact) mass is 275 g/mol. The van der Waals surface area contributed by atoms with Crippen molar-refractivity contribution in [3.05, 3.63) is 41.8 Å². The van der Waals surface area contributed by atoms with Crippen molar-refractivity contribution in [2.75, 3.05) is 6.54 Å². The Labute approximate surface area is 118 Å². The van der Waals surface area contributed by atoms with Crippen molar-refractivity contribution in [1.82, 2.24) is 14.9 Å². The zero-order chi connectivity index (χ0) is 13.2. The van der Waals surface area contributed by atoms with E-state index in [0.717, 1.165) is 35.7 Å². The molecular weight excluding hydrogens is 258 g/mol. The average Bonchev–Trinajstić information content (AvgIpc) is 2.88. The quantitative estimate of drug-likeness (QED) is 0.909. The van der Waals surface area contributed by atoms with Crippen molar-refractivity contribution in [3.8, 4) is 11.3 Å². The Balaban J connectivity index is 1.96. The number of hydrogen-bond donors (Lipinski definition) is 1. The Morgan fingerprint density at radius 2 is 2.21 bits per heavy atom. The number of benzene rings is 1.